The maximum absolute atomic E-state index is 12.9. The highest BCUT2D eigenvalue weighted by Gasteiger charge is 2.30. The maximum Gasteiger partial charge on any atom is 0.337 e. The van der Waals surface area contributed by atoms with Crippen molar-refractivity contribution in [2.24, 2.45) is 0 Å². The molecule has 0 heterocycles. The summed E-state index contributed by atoms with van der Waals surface area (Å²) >= 11 is 17.5. The summed E-state index contributed by atoms with van der Waals surface area (Å²) < 4.78 is 26.4. The van der Waals surface area contributed by atoms with Crippen LogP contribution in [-0.2, 0) is 14.8 Å². The Morgan fingerprint density at radius 1 is 0.962 bits per heavy atom. The van der Waals surface area contributed by atoms with Gasteiger partial charge < -0.3 is 10.2 Å². The average Bonchev–Trinajstić information content (AvgIpc) is 2.55. The number of rotatable bonds is 6. The lowest BCUT2D eigenvalue weighted by Gasteiger charge is -2.24. The van der Waals surface area contributed by atoms with Gasteiger partial charge in [-0.3, -0.25) is 9.10 Å². The smallest absolute Gasteiger partial charge is 0.337 e. The van der Waals surface area contributed by atoms with Crippen LogP contribution in [0.3, 0.4) is 0 Å². The molecule has 26 heavy (non-hydrogen) atoms. The molecule has 11 heteroatoms. The molecule has 0 radical (unpaired) electrons. The first-order valence-corrected chi connectivity index (χ1v) is 9.34. The molecule has 7 nitrogen and oxygen atoms in total. The fraction of sp³-hybridized carbons (Fsp3) is 0.0667. The molecule has 0 fully saturated rings. The van der Waals surface area contributed by atoms with E-state index in [2.05, 4.69) is 0 Å². The molecule has 2 N–H and O–H groups in total. The Hall–Kier alpha value is -2.00. The second-order valence-electron chi connectivity index (χ2n) is 4.95. The second kappa shape index (κ2) is 7.71. The molecule has 0 saturated carbocycles. The van der Waals surface area contributed by atoms with Crippen molar-refractivity contribution in [1.29, 1.82) is 0 Å². The number of aromatic carboxylic acids is 1. The first-order valence-electron chi connectivity index (χ1n) is 6.76. The minimum Gasteiger partial charge on any atom is -0.480 e. The van der Waals surface area contributed by atoms with Crippen LogP contribution in [0.15, 0.2) is 41.3 Å². The topological polar surface area (TPSA) is 112 Å². The molecule has 0 unspecified atom stereocenters. The first kappa shape index (κ1) is 20.3. The third-order valence-electron chi connectivity index (χ3n) is 3.21. The van der Waals surface area contributed by atoms with E-state index in [1.807, 2.05) is 0 Å². The normalized spacial score (nSPS) is 11.2. The van der Waals surface area contributed by atoms with Gasteiger partial charge in [-0.25, -0.2) is 13.2 Å². The van der Waals surface area contributed by atoms with Gasteiger partial charge in [0.05, 0.1) is 21.3 Å². The van der Waals surface area contributed by atoms with Crippen molar-refractivity contribution in [3.05, 3.63) is 57.0 Å². The van der Waals surface area contributed by atoms with E-state index in [1.54, 1.807) is 0 Å². The van der Waals surface area contributed by atoms with Gasteiger partial charge in [0, 0.05) is 5.02 Å². The number of carboxylic acid groups (broad SMARTS) is 2. The Bertz CT molecular complexity index is 993. The third-order valence-corrected chi connectivity index (χ3v) is 6.03. The lowest BCUT2D eigenvalue weighted by molar-refractivity contribution is -0.135. The number of sulfonamides is 1. The molecular weight excluding hydrogens is 429 g/mol. The van der Waals surface area contributed by atoms with E-state index in [1.165, 1.54) is 18.2 Å². The molecule has 0 atom stereocenters. The Balaban J connectivity index is 2.68. The monoisotopic (exact) mass is 437 g/mol. The quantitative estimate of drug-likeness (QED) is 0.712. The molecule has 2 aromatic carbocycles. The van der Waals surface area contributed by atoms with Crippen LogP contribution in [0, 0.1) is 0 Å². The van der Waals surface area contributed by atoms with Crippen LogP contribution >= 0.6 is 34.8 Å². The van der Waals surface area contributed by atoms with Gasteiger partial charge in [-0.05, 0) is 36.4 Å². The van der Waals surface area contributed by atoms with Crippen LogP contribution in [0.5, 0.6) is 0 Å². The number of carbonyl (C=O) groups is 2. The summed E-state index contributed by atoms with van der Waals surface area (Å²) in [6, 6.07) is 7.00. The van der Waals surface area contributed by atoms with Crippen LogP contribution in [0.2, 0.25) is 15.1 Å². The van der Waals surface area contributed by atoms with Gasteiger partial charge in [0.2, 0.25) is 0 Å². The van der Waals surface area contributed by atoms with Crippen molar-refractivity contribution in [3.63, 3.8) is 0 Å². The number of halogens is 3. The summed E-state index contributed by atoms with van der Waals surface area (Å²) in [4.78, 5) is 22.0. The molecule has 2 rings (SSSR count). The Kier molecular flexibility index (Phi) is 6.02. The largest absolute Gasteiger partial charge is 0.480 e. The zero-order valence-corrected chi connectivity index (χ0v) is 15.8. The van der Waals surface area contributed by atoms with Gasteiger partial charge >= 0.3 is 11.9 Å². The summed E-state index contributed by atoms with van der Waals surface area (Å²) in [6.45, 7) is -0.966. The number of hydrogen-bond donors (Lipinski definition) is 2. The van der Waals surface area contributed by atoms with E-state index in [-0.39, 0.29) is 26.3 Å². The lowest BCUT2D eigenvalue weighted by Crippen LogP contribution is -2.36. The highest BCUT2D eigenvalue weighted by Crippen LogP contribution is 2.32. The molecule has 0 amide bonds. The lowest BCUT2D eigenvalue weighted by atomic mass is 10.2. The molecule has 0 spiro atoms. The predicted octanol–water partition coefficient (Wildman–Crippen LogP) is 3.62. The molecule has 0 aliphatic carbocycles. The van der Waals surface area contributed by atoms with Crippen LogP contribution in [0.1, 0.15) is 10.4 Å². The highest BCUT2D eigenvalue weighted by atomic mass is 35.5. The molecule has 0 saturated heterocycles. The summed E-state index contributed by atoms with van der Waals surface area (Å²) in [7, 11) is -4.46. The van der Waals surface area contributed by atoms with Gasteiger partial charge in [0.1, 0.15) is 11.4 Å². The number of aliphatic carboxylic acids is 1. The predicted molar refractivity (Wildman–Crippen MR) is 97.0 cm³/mol. The Morgan fingerprint density at radius 3 is 2.15 bits per heavy atom. The number of nitrogens with zero attached hydrogens (tertiary/aromatic N) is 1. The van der Waals surface area contributed by atoms with E-state index in [9.17, 15) is 18.0 Å². The highest BCUT2D eigenvalue weighted by molar-refractivity contribution is 7.93. The first-order chi connectivity index (χ1) is 12.0. The fourth-order valence-corrected chi connectivity index (χ4v) is 4.41. The number of anilines is 1. The fourth-order valence-electron chi connectivity index (χ4n) is 2.06. The van der Waals surface area contributed by atoms with Crippen LogP contribution in [0.25, 0.3) is 0 Å². The van der Waals surface area contributed by atoms with Gasteiger partial charge in [-0.15, -0.1) is 0 Å². The van der Waals surface area contributed by atoms with E-state index in [4.69, 9.17) is 45.0 Å². The van der Waals surface area contributed by atoms with E-state index < -0.39 is 33.4 Å². The Labute approximate surface area is 163 Å². The SMILES string of the molecule is O=C(O)CN(c1ccc(Cl)c(C(=O)O)c1)S(=O)(=O)c1cc(Cl)ccc1Cl. The molecular formula is C15H10Cl3NO6S. The number of hydrogen-bond acceptors (Lipinski definition) is 4. The van der Waals surface area contributed by atoms with Crippen molar-refractivity contribution in [1.82, 2.24) is 0 Å². The van der Waals surface area contributed by atoms with Crippen molar-refractivity contribution < 1.29 is 28.2 Å². The second-order valence-corrected chi connectivity index (χ2v) is 8.03. The van der Waals surface area contributed by atoms with E-state index in [0.29, 0.717) is 4.31 Å². The molecule has 0 aliphatic rings. The minimum absolute atomic E-state index is 0.0746. The summed E-state index contributed by atoms with van der Waals surface area (Å²) in [6.07, 6.45) is 0. The number of benzene rings is 2. The standard InChI is InChI=1S/C15H10Cl3NO6S/c16-8-1-3-12(18)13(5-8)26(24,25)19(7-14(20)21)9-2-4-11(17)10(6-9)15(22)23/h1-6H,7H2,(H,20,21)(H,22,23). The molecule has 0 aromatic heterocycles. The van der Waals surface area contributed by atoms with Crippen LogP contribution < -0.4 is 4.31 Å². The average molecular weight is 439 g/mol. The van der Waals surface area contributed by atoms with Crippen LogP contribution in [0.4, 0.5) is 5.69 Å². The zero-order valence-electron chi connectivity index (χ0n) is 12.7. The summed E-state index contributed by atoms with van der Waals surface area (Å²) in [5, 5.41) is 18.0. The molecule has 0 bridgehead atoms. The van der Waals surface area contributed by atoms with E-state index in [0.717, 1.165) is 18.2 Å². The summed E-state index contributed by atoms with van der Waals surface area (Å²) in [5.74, 6) is -2.86. The van der Waals surface area contributed by atoms with Crippen molar-refractivity contribution in [2.45, 2.75) is 4.90 Å². The van der Waals surface area contributed by atoms with Crippen molar-refractivity contribution >= 4 is 62.5 Å². The molecule has 0 aliphatic heterocycles. The van der Waals surface area contributed by atoms with Crippen LogP contribution in [-0.4, -0.2) is 37.1 Å². The van der Waals surface area contributed by atoms with Crippen molar-refractivity contribution in [2.75, 3.05) is 10.8 Å². The third kappa shape index (κ3) is 4.21. The maximum atomic E-state index is 12.9. The Morgan fingerprint density at radius 2 is 1.58 bits per heavy atom. The molecule has 2 aromatic rings. The number of carboxylic acids is 2. The van der Waals surface area contributed by atoms with E-state index >= 15 is 0 Å². The molecule has 138 valence electrons. The zero-order chi connectivity index (χ0) is 19.6. The minimum atomic E-state index is -4.46. The van der Waals surface area contributed by atoms with Gasteiger partial charge in [0.25, 0.3) is 10.0 Å². The summed E-state index contributed by atoms with van der Waals surface area (Å²) in [5.41, 5.74) is -0.586. The van der Waals surface area contributed by atoms with Gasteiger partial charge in [-0.1, -0.05) is 34.8 Å². The van der Waals surface area contributed by atoms with Gasteiger partial charge in [0.15, 0.2) is 0 Å². The van der Waals surface area contributed by atoms with Crippen molar-refractivity contribution in [3.8, 4) is 0 Å². The van der Waals surface area contributed by atoms with Gasteiger partial charge in [-0.2, -0.15) is 0 Å².